The summed E-state index contributed by atoms with van der Waals surface area (Å²) in [4.78, 5) is 34.0. The van der Waals surface area contributed by atoms with E-state index >= 15 is 0 Å². The number of ether oxygens (including phenoxy) is 1. The summed E-state index contributed by atoms with van der Waals surface area (Å²) in [6, 6.07) is 3.11. The van der Waals surface area contributed by atoms with Crippen LogP contribution in [-0.2, 0) is 12.5 Å². The normalized spacial score (nSPS) is 11.7. The first-order valence-electron chi connectivity index (χ1n) is 9.47. The van der Waals surface area contributed by atoms with Crippen LogP contribution in [0, 0.1) is 18.3 Å². The first-order chi connectivity index (χ1) is 16.4. The van der Waals surface area contributed by atoms with Crippen LogP contribution in [0.25, 0.3) is 0 Å². The first kappa shape index (κ1) is 25.3. The third-order valence-corrected chi connectivity index (χ3v) is 4.79. The van der Waals surface area contributed by atoms with E-state index in [1.807, 2.05) is 0 Å². The smallest absolute Gasteiger partial charge is 0.352 e. The molecule has 0 aliphatic carbocycles. The molecule has 3 rings (SSSR count). The molecule has 2 heterocycles. The standard InChI is InChI=1S/C20H14F6N6O3/c1-8-10(4-27)2-9(15(21)22)3-12(8)35-13-14(20(25,26)18(23)24)30-7-32(17(13)34)6-11-5-29-19(28)31-16(11)33/h2-3,5,7,15,18H,6H2,1H3,(H3,28,29,31,33). The molecule has 35 heavy (non-hydrogen) atoms. The first-order valence-corrected chi connectivity index (χ1v) is 9.47. The lowest BCUT2D eigenvalue weighted by atomic mass is 10.0. The second kappa shape index (κ2) is 9.49. The maximum Gasteiger partial charge on any atom is 0.352 e. The van der Waals surface area contributed by atoms with E-state index in [-0.39, 0.29) is 22.6 Å². The molecule has 3 N–H and O–H groups in total. The number of hydrogen-bond donors (Lipinski definition) is 2. The lowest BCUT2D eigenvalue weighted by Crippen LogP contribution is -2.32. The average Bonchev–Trinajstić information content (AvgIpc) is 2.78. The van der Waals surface area contributed by atoms with E-state index in [0.29, 0.717) is 17.0 Å². The molecular formula is C20H14F6N6O3. The van der Waals surface area contributed by atoms with Gasteiger partial charge in [-0.3, -0.25) is 19.1 Å². The number of aromatic nitrogens is 4. The molecule has 0 amide bonds. The number of nitrogens with one attached hydrogen (secondary N) is 1. The van der Waals surface area contributed by atoms with Gasteiger partial charge in [0.15, 0.2) is 11.6 Å². The third kappa shape index (κ3) is 4.95. The Morgan fingerprint density at radius 2 is 1.91 bits per heavy atom. The van der Waals surface area contributed by atoms with Crippen molar-refractivity contribution in [2.24, 2.45) is 0 Å². The molecule has 0 saturated heterocycles. The topological polar surface area (TPSA) is 140 Å². The van der Waals surface area contributed by atoms with E-state index in [1.165, 1.54) is 6.92 Å². The van der Waals surface area contributed by atoms with Gasteiger partial charge in [-0.05, 0) is 19.1 Å². The van der Waals surface area contributed by atoms with Crippen LogP contribution in [-0.4, -0.2) is 25.9 Å². The molecular weight excluding hydrogens is 486 g/mol. The Labute approximate surface area is 191 Å². The monoisotopic (exact) mass is 500 g/mol. The van der Waals surface area contributed by atoms with Gasteiger partial charge in [0, 0.05) is 17.3 Å². The van der Waals surface area contributed by atoms with Gasteiger partial charge < -0.3 is 10.5 Å². The van der Waals surface area contributed by atoms with Crippen molar-refractivity contribution in [2.75, 3.05) is 5.73 Å². The number of nitrogens with two attached hydrogens (primary N) is 1. The Morgan fingerprint density at radius 1 is 1.23 bits per heavy atom. The van der Waals surface area contributed by atoms with E-state index in [4.69, 9.17) is 10.5 Å². The lowest BCUT2D eigenvalue weighted by molar-refractivity contribution is -0.139. The molecule has 0 bridgehead atoms. The fourth-order valence-corrected chi connectivity index (χ4v) is 2.91. The maximum absolute atomic E-state index is 14.3. The summed E-state index contributed by atoms with van der Waals surface area (Å²) in [5.41, 5.74) is -0.0337. The van der Waals surface area contributed by atoms with Crippen molar-refractivity contribution in [1.29, 1.82) is 5.26 Å². The number of alkyl halides is 6. The summed E-state index contributed by atoms with van der Waals surface area (Å²) in [6.07, 6.45) is -5.94. The van der Waals surface area contributed by atoms with E-state index < -0.39 is 59.2 Å². The van der Waals surface area contributed by atoms with Crippen molar-refractivity contribution < 1.29 is 31.1 Å². The maximum atomic E-state index is 14.3. The molecule has 0 atom stereocenters. The molecule has 3 aromatic rings. The molecule has 0 aliphatic rings. The van der Waals surface area contributed by atoms with Crippen LogP contribution in [0.4, 0.5) is 32.3 Å². The highest BCUT2D eigenvalue weighted by molar-refractivity contribution is 5.51. The molecule has 0 spiro atoms. The van der Waals surface area contributed by atoms with Crippen LogP contribution in [0.1, 0.15) is 34.4 Å². The zero-order chi connectivity index (χ0) is 26.1. The van der Waals surface area contributed by atoms with Gasteiger partial charge in [-0.1, -0.05) is 0 Å². The second-order valence-corrected chi connectivity index (χ2v) is 7.11. The molecule has 0 radical (unpaired) electrons. The molecule has 9 nitrogen and oxygen atoms in total. The number of halogens is 6. The third-order valence-electron chi connectivity index (χ3n) is 4.79. The Kier molecular flexibility index (Phi) is 6.85. The molecule has 184 valence electrons. The number of nitrogen functional groups attached to an aromatic ring is 1. The van der Waals surface area contributed by atoms with Crippen molar-refractivity contribution >= 4 is 5.95 Å². The zero-order valence-corrected chi connectivity index (χ0v) is 17.5. The minimum atomic E-state index is -4.97. The van der Waals surface area contributed by atoms with Crippen LogP contribution in [0.2, 0.25) is 0 Å². The van der Waals surface area contributed by atoms with E-state index in [2.05, 4.69) is 15.0 Å². The van der Waals surface area contributed by atoms with Crippen molar-refractivity contribution in [3.8, 4) is 17.6 Å². The number of nitriles is 1. The Balaban J connectivity index is 2.22. The molecule has 2 aromatic heterocycles. The fraction of sp³-hybridized carbons (Fsp3) is 0.250. The fourth-order valence-electron chi connectivity index (χ4n) is 2.91. The van der Waals surface area contributed by atoms with Crippen LogP contribution in [0.3, 0.4) is 0 Å². The van der Waals surface area contributed by atoms with Crippen LogP contribution in [0.15, 0.2) is 34.2 Å². The number of hydrogen-bond acceptors (Lipinski definition) is 7. The quantitative estimate of drug-likeness (QED) is 0.475. The van der Waals surface area contributed by atoms with Gasteiger partial charge in [0.1, 0.15) is 5.75 Å². The van der Waals surface area contributed by atoms with E-state index in [0.717, 1.165) is 12.3 Å². The molecule has 0 aliphatic heterocycles. The lowest BCUT2D eigenvalue weighted by Gasteiger charge is -2.20. The summed E-state index contributed by atoms with van der Waals surface area (Å²) in [6.45, 7) is 0.605. The van der Waals surface area contributed by atoms with Crippen LogP contribution >= 0.6 is 0 Å². The number of rotatable bonds is 7. The van der Waals surface area contributed by atoms with Crippen molar-refractivity contribution in [1.82, 2.24) is 19.5 Å². The number of anilines is 1. The largest absolute Gasteiger partial charge is 0.449 e. The summed E-state index contributed by atoms with van der Waals surface area (Å²) < 4.78 is 86.9. The van der Waals surface area contributed by atoms with Crippen molar-refractivity contribution in [3.63, 3.8) is 0 Å². The van der Waals surface area contributed by atoms with Gasteiger partial charge >= 0.3 is 12.3 Å². The van der Waals surface area contributed by atoms with Gasteiger partial charge in [-0.2, -0.15) is 14.0 Å². The summed E-state index contributed by atoms with van der Waals surface area (Å²) >= 11 is 0. The van der Waals surface area contributed by atoms with E-state index in [1.54, 1.807) is 6.07 Å². The summed E-state index contributed by atoms with van der Waals surface area (Å²) in [5.74, 6) is -7.26. The van der Waals surface area contributed by atoms with Crippen LogP contribution < -0.4 is 21.6 Å². The highest BCUT2D eigenvalue weighted by atomic mass is 19.3. The zero-order valence-electron chi connectivity index (χ0n) is 17.5. The Hall–Kier alpha value is -4.35. The number of H-pyrrole nitrogens is 1. The van der Waals surface area contributed by atoms with Gasteiger partial charge in [-0.15, -0.1) is 0 Å². The van der Waals surface area contributed by atoms with Gasteiger partial charge in [-0.25, -0.2) is 27.5 Å². The molecule has 0 fully saturated rings. The summed E-state index contributed by atoms with van der Waals surface area (Å²) in [5, 5.41) is 9.18. The second-order valence-electron chi connectivity index (χ2n) is 7.11. The minimum absolute atomic E-state index is 0.128. The number of nitrogens with zero attached hydrogens (tertiary/aromatic N) is 4. The predicted octanol–water partition coefficient (Wildman–Crippen LogP) is 3.22. The summed E-state index contributed by atoms with van der Waals surface area (Å²) in [7, 11) is 0. The molecule has 1 aromatic carbocycles. The Bertz CT molecular complexity index is 1430. The average molecular weight is 500 g/mol. The molecule has 15 heteroatoms. The highest BCUT2D eigenvalue weighted by Crippen LogP contribution is 2.39. The minimum Gasteiger partial charge on any atom is -0.449 e. The van der Waals surface area contributed by atoms with Crippen molar-refractivity contribution in [3.05, 3.63) is 73.3 Å². The SMILES string of the molecule is Cc1c(C#N)cc(C(F)F)cc1Oc1c(C(F)(F)C(F)F)ncn(Cc2cnc(N)[nH]c2=O)c1=O. The Morgan fingerprint density at radius 3 is 2.49 bits per heavy atom. The van der Waals surface area contributed by atoms with Gasteiger partial charge in [0.2, 0.25) is 5.75 Å². The van der Waals surface area contributed by atoms with Crippen molar-refractivity contribution in [2.45, 2.75) is 32.2 Å². The molecule has 0 saturated carbocycles. The van der Waals surface area contributed by atoms with Gasteiger partial charge in [0.05, 0.1) is 30.1 Å². The molecule has 0 unspecified atom stereocenters. The predicted molar refractivity (Wildman–Crippen MR) is 108 cm³/mol. The number of benzene rings is 1. The van der Waals surface area contributed by atoms with Crippen LogP contribution in [0.5, 0.6) is 11.5 Å². The highest BCUT2D eigenvalue weighted by Gasteiger charge is 2.48. The van der Waals surface area contributed by atoms with E-state index in [9.17, 15) is 41.2 Å². The number of aromatic amines is 1. The van der Waals surface area contributed by atoms with Gasteiger partial charge in [0.25, 0.3) is 17.5 Å².